The van der Waals surface area contributed by atoms with E-state index in [1.54, 1.807) is 0 Å². The van der Waals surface area contributed by atoms with Crippen LogP contribution in [-0.4, -0.2) is 44.0 Å². The van der Waals surface area contributed by atoms with Gasteiger partial charge >= 0.3 is 0 Å². The Morgan fingerprint density at radius 1 is 1.20 bits per heavy atom. The molecule has 20 heavy (non-hydrogen) atoms. The molecule has 3 rings (SSSR count). The minimum absolute atomic E-state index is 0.0692. The lowest BCUT2D eigenvalue weighted by Crippen LogP contribution is -2.23. The highest BCUT2D eigenvalue weighted by molar-refractivity contribution is 7.91. The minimum atomic E-state index is -2.82. The molecule has 2 heterocycles. The number of likely N-dealkylation sites (tertiary alicyclic amines) is 1. The highest BCUT2D eigenvalue weighted by Crippen LogP contribution is 2.23. The lowest BCUT2D eigenvalue weighted by molar-refractivity contribution is 0.332. The van der Waals surface area contributed by atoms with E-state index in [0.717, 1.165) is 18.7 Å². The van der Waals surface area contributed by atoms with Gasteiger partial charge in [0.05, 0.1) is 11.5 Å². The van der Waals surface area contributed by atoms with E-state index in [4.69, 9.17) is 0 Å². The lowest BCUT2D eigenvalue weighted by Gasteiger charge is -2.20. The Morgan fingerprint density at radius 2 is 1.95 bits per heavy atom. The van der Waals surface area contributed by atoms with Crippen LogP contribution in [0.15, 0.2) is 24.3 Å². The average molecular weight is 294 g/mol. The third-order valence-corrected chi connectivity index (χ3v) is 5.97. The number of benzene rings is 1. The Balaban J connectivity index is 1.69. The van der Waals surface area contributed by atoms with E-state index in [2.05, 4.69) is 28.4 Å². The second-order valence-electron chi connectivity index (χ2n) is 5.88. The van der Waals surface area contributed by atoms with E-state index in [1.807, 2.05) is 6.07 Å². The molecule has 1 N–H and O–H groups in total. The topological polar surface area (TPSA) is 49.4 Å². The van der Waals surface area contributed by atoms with E-state index >= 15 is 0 Å². The molecule has 1 atom stereocenters. The number of rotatable bonds is 4. The lowest BCUT2D eigenvalue weighted by atomic mass is 10.1. The van der Waals surface area contributed by atoms with Gasteiger partial charge in [-0.3, -0.25) is 4.90 Å². The summed E-state index contributed by atoms with van der Waals surface area (Å²) in [6.07, 6.45) is 3.30. The molecule has 2 aliphatic heterocycles. The van der Waals surface area contributed by atoms with Crippen molar-refractivity contribution in [1.82, 2.24) is 4.90 Å². The first kappa shape index (κ1) is 13.9. The Morgan fingerprint density at radius 3 is 2.65 bits per heavy atom. The maximum Gasteiger partial charge on any atom is 0.152 e. The van der Waals surface area contributed by atoms with Crippen LogP contribution in [0, 0.1) is 0 Å². The summed E-state index contributed by atoms with van der Waals surface area (Å²) in [4.78, 5) is 2.46. The molecular weight excluding hydrogens is 272 g/mol. The highest BCUT2D eigenvalue weighted by atomic mass is 32.2. The highest BCUT2D eigenvalue weighted by Gasteiger charge is 2.28. The first-order chi connectivity index (χ1) is 9.62. The van der Waals surface area contributed by atoms with E-state index in [1.165, 1.54) is 31.5 Å². The van der Waals surface area contributed by atoms with Crippen LogP contribution in [0.5, 0.6) is 0 Å². The van der Waals surface area contributed by atoms with Crippen molar-refractivity contribution in [1.29, 1.82) is 0 Å². The van der Waals surface area contributed by atoms with E-state index in [-0.39, 0.29) is 11.8 Å². The molecule has 0 saturated carbocycles. The zero-order valence-corrected chi connectivity index (χ0v) is 12.5. The van der Waals surface area contributed by atoms with E-state index in [9.17, 15) is 8.42 Å². The van der Waals surface area contributed by atoms with Crippen LogP contribution in [0.1, 0.15) is 24.8 Å². The Bertz CT molecular complexity index is 565. The molecule has 4 nitrogen and oxygen atoms in total. The molecule has 110 valence electrons. The van der Waals surface area contributed by atoms with Gasteiger partial charge in [0.2, 0.25) is 0 Å². The fourth-order valence-corrected chi connectivity index (χ4v) is 4.78. The third kappa shape index (κ3) is 3.33. The van der Waals surface area contributed by atoms with Crippen LogP contribution in [-0.2, 0) is 16.4 Å². The molecule has 2 fully saturated rings. The van der Waals surface area contributed by atoms with E-state index in [0.29, 0.717) is 5.75 Å². The summed E-state index contributed by atoms with van der Waals surface area (Å²) in [7, 11) is -2.82. The summed E-state index contributed by atoms with van der Waals surface area (Å²) in [5.74, 6) is 0.587. The van der Waals surface area contributed by atoms with Crippen molar-refractivity contribution in [2.24, 2.45) is 0 Å². The molecule has 0 aliphatic carbocycles. The van der Waals surface area contributed by atoms with Crippen molar-refractivity contribution in [2.45, 2.75) is 31.8 Å². The molecule has 1 aromatic rings. The predicted molar refractivity (Wildman–Crippen MR) is 81.6 cm³/mol. The van der Waals surface area contributed by atoms with Crippen molar-refractivity contribution in [3.8, 4) is 0 Å². The summed E-state index contributed by atoms with van der Waals surface area (Å²) >= 11 is 0. The molecule has 0 spiro atoms. The molecular formula is C15H22N2O2S. The van der Waals surface area contributed by atoms with Crippen molar-refractivity contribution in [3.63, 3.8) is 0 Å². The Labute approximate surface area is 121 Å². The molecule has 0 bridgehead atoms. The molecule has 0 radical (unpaired) electrons. The number of hydrogen-bond acceptors (Lipinski definition) is 4. The monoisotopic (exact) mass is 294 g/mol. The van der Waals surface area contributed by atoms with Gasteiger partial charge in [0, 0.05) is 18.3 Å². The van der Waals surface area contributed by atoms with Crippen LogP contribution in [0.4, 0.5) is 5.69 Å². The second-order valence-corrected chi connectivity index (χ2v) is 8.11. The van der Waals surface area contributed by atoms with Gasteiger partial charge in [0.1, 0.15) is 0 Å². The maximum atomic E-state index is 11.5. The summed E-state index contributed by atoms with van der Waals surface area (Å²) < 4.78 is 23.1. The first-order valence-corrected chi connectivity index (χ1v) is 9.22. The molecule has 1 aromatic carbocycles. The quantitative estimate of drug-likeness (QED) is 0.921. The van der Waals surface area contributed by atoms with Crippen LogP contribution in [0.3, 0.4) is 0 Å². The second kappa shape index (κ2) is 5.74. The Hall–Kier alpha value is -1.07. The van der Waals surface area contributed by atoms with Gasteiger partial charge in [-0.05, 0) is 44.0 Å². The standard InChI is InChI=1S/C15H22N2O2S/c18-20(19)10-7-14(12-20)16-15-6-2-1-5-13(15)11-17-8-3-4-9-17/h1-2,5-6,14,16H,3-4,7-12H2. The van der Waals surface area contributed by atoms with Gasteiger partial charge in [0.15, 0.2) is 9.84 Å². The summed E-state index contributed by atoms with van der Waals surface area (Å²) in [5, 5.41) is 3.43. The van der Waals surface area contributed by atoms with Gasteiger partial charge in [0.25, 0.3) is 0 Å². The van der Waals surface area contributed by atoms with Crippen LogP contribution < -0.4 is 5.32 Å². The summed E-state index contributed by atoms with van der Waals surface area (Å²) in [6.45, 7) is 3.31. The normalized spacial score (nSPS) is 25.9. The van der Waals surface area contributed by atoms with Crippen LogP contribution in [0.2, 0.25) is 0 Å². The number of nitrogens with one attached hydrogen (secondary N) is 1. The van der Waals surface area contributed by atoms with Crippen LogP contribution >= 0.6 is 0 Å². The van der Waals surface area contributed by atoms with Gasteiger partial charge in [-0.1, -0.05) is 18.2 Å². The molecule has 2 saturated heterocycles. The van der Waals surface area contributed by atoms with Gasteiger partial charge < -0.3 is 5.32 Å². The first-order valence-electron chi connectivity index (χ1n) is 7.40. The van der Waals surface area contributed by atoms with Crippen molar-refractivity contribution >= 4 is 15.5 Å². The van der Waals surface area contributed by atoms with Gasteiger partial charge in [-0.25, -0.2) is 8.42 Å². The van der Waals surface area contributed by atoms with Gasteiger partial charge in [-0.15, -0.1) is 0 Å². The fourth-order valence-electron chi connectivity index (χ4n) is 3.11. The maximum absolute atomic E-state index is 11.5. The number of nitrogens with zero attached hydrogens (tertiary/aromatic N) is 1. The smallest absolute Gasteiger partial charge is 0.152 e. The van der Waals surface area contributed by atoms with Crippen LogP contribution in [0.25, 0.3) is 0 Å². The molecule has 0 aromatic heterocycles. The fraction of sp³-hybridized carbons (Fsp3) is 0.600. The zero-order valence-electron chi connectivity index (χ0n) is 11.7. The number of para-hydroxylation sites is 1. The SMILES string of the molecule is O=S1(=O)CCC(Nc2ccccc2CN2CCCC2)C1. The summed E-state index contributed by atoms with van der Waals surface area (Å²) in [6, 6.07) is 8.35. The van der Waals surface area contributed by atoms with Crippen molar-refractivity contribution in [3.05, 3.63) is 29.8 Å². The van der Waals surface area contributed by atoms with E-state index < -0.39 is 9.84 Å². The van der Waals surface area contributed by atoms with Gasteiger partial charge in [-0.2, -0.15) is 0 Å². The molecule has 0 amide bonds. The molecule has 5 heteroatoms. The number of hydrogen-bond donors (Lipinski definition) is 1. The third-order valence-electron chi connectivity index (χ3n) is 4.20. The molecule has 2 aliphatic rings. The molecule has 1 unspecified atom stereocenters. The largest absolute Gasteiger partial charge is 0.381 e. The van der Waals surface area contributed by atoms with Crippen molar-refractivity contribution < 1.29 is 8.42 Å². The van der Waals surface area contributed by atoms with Crippen molar-refractivity contribution in [2.75, 3.05) is 29.9 Å². The number of sulfone groups is 1. The zero-order chi connectivity index (χ0) is 14.0. The predicted octanol–water partition coefficient (Wildman–Crippen LogP) is 1.88. The Kier molecular flexibility index (Phi) is 3.98. The number of anilines is 1. The minimum Gasteiger partial charge on any atom is -0.381 e. The summed E-state index contributed by atoms with van der Waals surface area (Å²) in [5.41, 5.74) is 2.38. The average Bonchev–Trinajstić information content (AvgIpc) is 3.02.